The van der Waals surface area contributed by atoms with Crippen molar-refractivity contribution in [2.24, 2.45) is 5.92 Å². The van der Waals surface area contributed by atoms with Gasteiger partial charge in [-0.25, -0.2) is 9.97 Å². The summed E-state index contributed by atoms with van der Waals surface area (Å²) in [5.41, 5.74) is 2.18. The molecule has 1 fully saturated rings. The van der Waals surface area contributed by atoms with Gasteiger partial charge in [0.1, 0.15) is 0 Å². The molecule has 3 aromatic rings. The van der Waals surface area contributed by atoms with Crippen molar-refractivity contribution in [3.8, 4) is 22.7 Å². The molecule has 1 aliphatic rings. The number of H-pyrrole nitrogens is 1. The maximum absolute atomic E-state index is 12.4. The van der Waals surface area contributed by atoms with Gasteiger partial charge in [-0.15, -0.1) is 0 Å². The molecule has 0 bridgehead atoms. The Balaban J connectivity index is 1.47. The van der Waals surface area contributed by atoms with Crippen molar-refractivity contribution in [3.05, 3.63) is 48.2 Å². The van der Waals surface area contributed by atoms with Crippen LogP contribution in [0.3, 0.4) is 0 Å². The molecule has 3 N–H and O–H groups in total. The topological polar surface area (TPSA) is 113 Å². The smallest absolute Gasteiger partial charge is 0.288 e. The lowest BCUT2D eigenvalue weighted by atomic mass is 10.1. The van der Waals surface area contributed by atoms with E-state index in [1.807, 2.05) is 45.0 Å². The third-order valence-corrected chi connectivity index (χ3v) is 5.94. The Bertz CT molecular complexity index is 1030. The summed E-state index contributed by atoms with van der Waals surface area (Å²) in [6, 6.07) is 7.76. The van der Waals surface area contributed by atoms with E-state index < -0.39 is 0 Å². The monoisotopic (exact) mass is 435 g/mol. The number of imidazole rings is 1. The van der Waals surface area contributed by atoms with Gasteiger partial charge in [0.2, 0.25) is 11.7 Å². The summed E-state index contributed by atoms with van der Waals surface area (Å²) in [6.45, 7) is 6.09. The van der Waals surface area contributed by atoms with E-state index in [0.29, 0.717) is 17.5 Å². The van der Waals surface area contributed by atoms with Crippen LogP contribution in [0.1, 0.15) is 67.6 Å². The summed E-state index contributed by atoms with van der Waals surface area (Å²) < 4.78 is 5.71. The van der Waals surface area contributed by atoms with Crippen LogP contribution in [0.4, 0.5) is 0 Å². The number of nitrogens with one attached hydrogen (secondary N) is 3. The van der Waals surface area contributed by atoms with Crippen LogP contribution >= 0.6 is 0 Å². The van der Waals surface area contributed by atoms with E-state index in [2.05, 4.69) is 25.6 Å². The Morgan fingerprint density at radius 1 is 1.16 bits per heavy atom. The minimum atomic E-state index is -0.267. The van der Waals surface area contributed by atoms with E-state index in [1.165, 1.54) is 19.0 Å². The number of aromatic amines is 1. The second kappa shape index (κ2) is 9.38. The summed E-state index contributed by atoms with van der Waals surface area (Å²) in [7, 11) is 0. The Labute approximate surface area is 187 Å². The number of rotatable bonds is 9. The third-order valence-electron chi connectivity index (χ3n) is 5.94. The Morgan fingerprint density at radius 2 is 1.91 bits per heavy atom. The summed E-state index contributed by atoms with van der Waals surface area (Å²) >= 11 is 0. The SMILES string of the molecule is CCC(CC)NC(=O)c1cnc(-c2cccc(-c3c[nH]c(C(=O)N[C@@H](C)C4CC4)n3)c2)o1. The molecule has 0 aliphatic heterocycles. The first kappa shape index (κ1) is 21.8. The number of carbonyl (C=O) groups excluding carboxylic acids is 2. The number of hydrogen-bond donors (Lipinski definition) is 3. The van der Waals surface area contributed by atoms with Crippen molar-refractivity contribution in [3.63, 3.8) is 0 Å². The number of nitrogens with zero attached hydrogens (tertiary/aromatic N) is 2. The zero-order valence-electron chi connectivity index (χ0n) is 18.6. The number of amides is 2. The van der Waals surface area contributed by atoms with Crippen LogP contribution in [0.15, 0.2) is 41.1 Å². The van der Waals surface area contributed by atoms with Gasteiger partial charge < -0.3 is 20.0 Å². The first-order valence-electron chi connectivity index (χ1n) is 11.2. The molecule has 2 amide bonds. The Morgan fingerprint density at radius 3 is 2.62 bits per heavy atom. The van der Waals surface area contributed by atoms with Crippen LogP contribution < -0.4 is 10.6 Å². The lowest BCUT2D eigenvalue weighted by molar-refractivity contribution is 0.0905. The van der Waals surface area contributed by atoms with Crippen molar-refractivity contribution in [1.82, 2.24) is 25.6 Å². The van der Waals surface area contributed by atoms with Gasteiger partial charge in [0.25, 0.3) is 11.8 Å². The van der Waals surface area contributed by atoms with Crippen LogP contribution in [0.25, 0.3) is 22.7 Å². The summed E-state index contributed by atoms with van der Waals surface area (Å²) in [5.74, 6) is 0.931. The zero-order valence-corrected chi connectivity index (χ0v) is 18.6. The van der Waals surface area contributed by atoms with E-state index >= 15 is 0 Å². The van der Waals surface area contributed by atoms with Crippen molar-refractivity contribution in [1.29, 1.82) is 0 Å². The molecular formula is C24H29N5O3. The van der Waals surface area contributed by atoms with Gasteiger partial charge in [-0.1, -0.05) is 26.0 Å². The highest BCUT2D eigenvalue weighted by Crippen LogP contribution is 2.32. The number of benzene rings is 1. The van der Waals surface area contributed by atoms with Crippen molar-refractivity contribution >= 4 is 11.8 Å². The van der Waals surface area contributed by atoms with Crippen LogP contribution in [-0.2, 0) is 0 Å². The van der Waals surface area contributed by atoms with Gasteiger partial charge >= 0.3 is 0 Å². The van der Waals surface area contributed by atoms with E-state index in [1.54, 1.807) is 6.20 Å². The molecule has 1 aromatic carbocycles. The van der Waals surface area contributed by atoms with Crippen molar-refractivity contribution < 1.29 is 14.0 Å². The molecule has 2 aromatic heterocycles. The summed E-state index contributed by atoms with van der Waals surface area (Å²) in [4.78, 5) is 36.5. The second-order valence-corrected chi connectivity index (χ2v) is 8.33. The summed E-state index contributed by atoms with van der Waals surface area (Å²) in [5, 5.41) is 5.95. The molecule has 0 saturated heterocycles. The maximum Gasteiger partial charge on any atom is 0.288 e. The van der Waals surface area contributed by atoms with Gasteiger partial charge in [-0.2, -0.15) is 0 Å². The first-order chi connectivity index (χ1) is 15.5. The Hall–Kier alpha value is -3.42. The largest absolute Gasteiger partial charge is 0.431 e. The molecule has 8 heteroatoms. The fourth-order valence-corrected chi connectivity index (χ4v) is 3.65. The molecule has 1 saturated carbocycles. The van der Waals surface area contributed by atoms with Crippen LogP contribution in [0.5, 0.6) is 0 Å². The average molecular weight is 436 g/mol. The van der Waals surface area contributed by atoms with Gasteiger partial charge in [-0.3, -0.25) is 9.59 Å². The highest BCUT2D eigenvalue weighted by molar-refractivity contribution is 5.92. The number of carbonyl (C=O) groups is 2. The fraction of sp³-hybridized carbons (Fsp3) is 0.417. The van der Waals surface area contributed by atoms with Gasteiger partial charge in [-0.05, 0) is 50.7 Å². The van der Waals surface area contributed by atoms with Gasteiger partial charge in [0, 0.05) is 29.4 Å². The van der Waals surface area contributed by atoms with Gasteiger partial charge in [0.05, 0.1) is 11.9 Å². The normalized spacial score (nSPS) is 14.4. The van der Waals surface area contributed by atoms with E-state index in [0.717, 1.165) is 24.0 Å². The summed E-state index contributed by atoms with van der Waals surface area (Å²) in [6.07, 6.45) is 7.19. The van der Waals surface area contributed by atoms with E-state index in [9.17, 15) is 9.59 Å². The molecule has 0 radical (unpaired) electrons. The van der Waals surface area contributed by atoms with Gasteiger partial charge in [0.15, 0.2) is 5.82 Å². The molecule has 4 rings (SSSR count). The van der Waals surface area contributed by atoms with Crippen LogP contribution in [-0.4, -0.2) is 38.8 Å². The molecule has 1 aliphatic carbocycles. The molecule has 168 valence electrons. The highest BCUT2D eigenvalue weighted by Gasteiger charge is 2.29. The predicted molar refractivity (Wildman–Crippen MR) is 121 cm³/mol. The zero-order chi connectivity index (χ0) is 22.7. The number of oxazole rings is 1. The molecule has 0 unspecified atom stereocenters. The fourth-order valence-electron chi connectivity index (χ4n) is 3.65. The quantitative estimate of drug-likeness (QED) is 0.467. The maximum atomic E-state index is 12.4. The molecule has 1 atom stereocenters. The molecule has 8 nitrogen and oxygen atoms in total. The van der Waals surface area contributed by atoms with E-state index in [-0.39, 0.29) is 35.5 Å². The molecule has 32 heavy (non-hydrogen) atoms. The Kier molecular flexibility index (Phi) is 6.39. The standard InChI is InChI=1S/C24H29N5O3/c1-4-18(5-2)28-22(30)20-13-26-24(32-20)17-8-6-7-16(11-17)19-12-25-21(29-19)23(31)27-14(3)15-9-10-15/h6-8,11-15,18H,4-5,9-10H2,1-3H3,(H,25,29)(H,27,31)(H,28,30)/t14-/m0/s1. The number of aromatic nitrogens is 3. The first-order valence-corrected chi connectivity index (χ1v) is 11.2. The number of hydrogen-bond acceptors (Lipinski definition) is 5. The van der Waals surface area contributed by atoms with E-state index in [4.69, 9.17) is 4.42 Å². The predicted octanol–water partition coefficient (Wildman–Crippen LogP) is 4.18. The van der Waals surface area contributed by atoms with Crippen molar-refractivity contribution in [2.75, 3.05) is 0 Å². The van der Waals surface area contributed by atoms with Crippen molar-refractivity contribution in [2.45, 2.75) is 58.5 Å². The molecule has 0 spiro atoms. The highest BCUT2D eigenvalue weighted by atomic mass is 16.4. The lowest BCUT2D eigenvalue weighted by Crippen LogP contribution is -2.34. The lowest BCUT2D eigenvalue weighted by Gasteiger charge is -2.12. The van der Waals surface area contributed by atoms with Crippen LogP contribution in [0, 0.1) is 5.92 Å². The molecule has 2 heterocycles. The average Bonchev–Trinajstić information content (AvgIpc) is 3.33. The molecular weight excluding hydrogens is 406 g/mol. The third kappa shape index (κ3) is 4.90. The minimum absolute atomic E-state index is 0.109. The van der Waals surface area contributed by atoms with Crippen LogP contribution in [0.2, 0.25) is 0 Å². The minimum Gasteiger partial charge on any atom is -0.431 e. The second-order valence-electron chi connectivity index (χ2n) is 8.33.